The Morgan fingerprint density at radius 3 is 2.12 bits per heavy atom. The third kappa shape index (κ3) is 3.13. The zero-order chi connectivity index (χ0) is 12.3. The summed E-state index contributed by atoms with van der Waals surface area (Å²) in [6, 6.07) is 3.92. The van der Waals surface area contributed by atoms with Crippen molar-refractivity contribution < 1.29 is 4.74 Å². The number of nitrogens with two attached hydrogens (primary N) is 1. The number of ether oxygens (including phenoxy) is 1. The van der Waals surface area contributed by atoms with Gasteiger partial charge in [-0.05, 0) is 43.0 Å². The van der Waals surface area contributed by atoms with Crippen LogP contribution in [0.3, 0.4) is 0 Å². The SMILES string of the molecule is Cc1cc(OC(CN)C(C)C)cc(C)c1Cl. The summed E-state index contributed by atoms with van der Waals surface area (Å²) in [5.74, 6) is 1.25. The Bertz CT molecular complexity index is 340. The highest BCUT2D eigenvalue weighted by Gasteiger charge is 2.14. The van der Waals surface area contributed by atoms with E-state index in [0.29, 0.717) is 12.5 Å². The lowest BCUT2D eigenvalue weighted by Gasteiger charge is -2.21. The smallest absolute Gasteiger partial charge is 0.120 e. The maximum atomic E-state index is 6.10. The minimum absolute atomic E-state index is 0.0555. The van der Waals surface area contributed by atoms with Crippen LogP contribution in [0.4, 0.5) is 0 Å². The van der Waals surface area contributed by atoms with Gasteiger partial charge in [0, 0.05) is 11.6 Å². The van der Waals surface area contributed by atoms with Crippen molar-refractivity contribution in [1.82, 2.24) is 0 Å². The van der Waals surface area contributed by atoms with Gasteiger partial charge in [0.1, 0.15) is 11.9 Å². The van der Waals surface area contributed by atoms with Crippen LogP contribution in [0.15, 0.2) is 12.1 Å². The highest BCUT2D eigenvalue weighted by Crippen LogP contribution is 2.27. The lowest BCUT2D eigenvalue weighted by atomic mass is 10.1. The molecule has 2 nitrogen and oxygen atoms in total. The maximum Gasteiger partial charge on any atom is 0.120 e. The molecule has 3 heteroatoms. The first-order chi connectivity index (χ1) is 7.45. The molecule has 2 N–H and O–H groups in total. The van der Waals surface area contributed by atoms with Crippen molar-refractivity contribution in [3.63, 3.8) is 0 Å². The third-order valence-electron chi connectivity index (χ3n) is 2.67. The number of aryl methyl sites for hydroxylation is 2. The van der Waals surface area contributed by atoms with Crippen molar-refractivity contribution in [2.45, 2.75) is 33.8 Å². The van der Waals surface area contributed by atoms with E-state index in [-0.39, 0.29) is 6.10 Å². The van der Waals surface area contributed by atoms with Crippen molar-refractivity contribution >= 4 is 11.6 Å². The molecule has 1 aromatic carbocycles. The van der Waals surface area contributed by atoms with Gasteiger partial charge in [0.05, 0.1) is 0 Å². The molecule has 1 unspecified atom stereocenters. The number of hydrogen-bond acceptors (Lipinski definition) is 2. The van der Waals surface area contributed by atoms with Gasteiger partial charge < -0.3 is 10.5 Å². The van der Waals surface area contributed by atoms with Crippen LogP contribution in [0.1, 0.15) is 25.0 Å². The second-order valence-corrected chi connectivity index (χ2v) is 4.89. The average molecular weight is 242 g/mol. The first kappa shape index (κ1) is 13.3. The van der Waals surface area contributed by atoms with E-state index in [1.54, 1.807) is 0 Å². The quantitative estimate of drug-likeness (QED) is 0.878. The fourth-order valence-corrected chi connectivity index (χ4v) is 1.71. The van der Waals surface area contributed by atoms with E-state index in [4.69, 9.17) is 22.1 Å². The number of hydrogen-bond donors (Lipinski definition) is 1. The number of benzene rings is 1. The molecule has 90 valence electrons. The van der Waals surface area contributed by atoms with Crippen molar-refractivity contribution in [3.05, 3.63) is 28.3 Å². The van der Waals surface area contributed by atoms with E-state index in [2.05, 4.69) is 13.8 Å². The molecule has 0 bridgehead atoms. The Morgan fingerprint density at radius 2 is 1.75 bits per heavy atom. The summed E-state index contributed by atoms with van der Waals surface area (Å²) in [5, 5.41) is 0.807. The van der Waals surface area contributed by atoms with Gasteiger partial charge in [-0.25, -0.2) is 0 Å². The Hall–Kier alpha value is -0.730. The highest BCUT2D eigenvalue weighted by atomic mass is 35.5. The minimum atomic E-state index is 0.0555. The minimum Gasteiger partial charge on any atom is -0.489 e. The van der Waals surface area contributed by atoms with Crippen LogP contribution in [0, 0.1) is 19.8 Å². The second-order valence-electron chi connectivity index (χ2n) is 4.51. The van der Waals surface area contributed by atoms with Gasteiger partial charge in [-0.2, -0.15) is 0 Å². The van der Waals surface area contributed by atoms with Crippen LogP contribution in [0.5, 0.6) is 5.75 Å². The molecular formula is C13H20ClNO. The summed E-state index contributed by atoms with van der Waals surface area (Å²) < 4.78 is 5.86. The molecule has 0 aromatic heterocycles. The number of rotatable bonds is 4. The number of halogens is 1. The molecule has 0 fully saturated rings. The van der Waals surface area contributed by atoms with E-state index in [0.717, 1.165) is 21.9 Å². The highest BCUT2D eigenvalue weighted by molar-refractivity contribution is 6.32. The molecule has 1 rings (SSSR count). The van der Waals surface area contributed by atoms with E-state index >= 15 is 0 Å². The molecule has 0 aliphatic rings. The lowest BCUT2D eigenvalue weighted by Crippen LogP contribution is -2.31. The predicted octanol–water partition coefficient (Wildman–Crippen LogP) is 3.32. The topological polar surface area (TPSA) is 35.2 Å². The van der Waals surface area contributed by atoms with Crippen LogP contribution >= 0.6 is 11.6 Å². The molecular weight excluding hydrogens is 222 g/mol. The Kier molecular flexibility index (Phi) is 4.63. The van der Waals surface area contributed by atoms with E-state index in [1.165, 1.54) is 0 Å². The van der Waals surface area contributed by atoms with Gasteiger partial charge in [-0.1, -0.05) is 25.4 Å². The summed E-state index contributed by atoms with van der Waals surface area (Å²) in [6.45, 7) is 8.70. The summed E-state index contributed by atoms with van der Waals surface area (Å²) in [6.07, 6.45) is 0.0555. The van der Waals surface area contributed by atoms with Crippen LogP contribution in [0.2, 0.25) is 5.02 Å². The molecule has 0 aliphatic carbocycles. The average Bonchev–Trinajstić information content (AvgIpc) is 2.21. The molecule has 0 radical (unpaired) electrons. The molecule has 16 heavy (non-hydrogen) atoms. The van der Waals surface area contributed by atoms with E-state index in [1.807, 2.05) is 26.0 Å². The normalized spacial score (nSPS) is 12.9. The standard InChI is InChI=1S/C13H20ClNO/c1-8(2)12(7-15)16-11-5-9(3)13(14)10(4)6-11/h5-6,8,12H,7,15H2,1-4H3. The van der Waals surface area contributed by atoms with E-state index < -0.39 is 0 Å². The second kappa shape index (κ2) is 5.55. The first-order valence-corrected chi connectivity index (χ1v) is 5.97. The monoisotopic (exact) mass is 241 g/mol. The van der Waals surface area contributed by atoms with Gasteiger partial charge in [0.15, 0.2) is 0 Å². The van der Waals surface area contributed by atoms with Crippen molar-refractivity contribution in [2.75, 3.05) is 6.54 Å². The zero-order valence-electron chi connectivity index (χ0n) is 10.4. The largest absolute Gasteiger partial charge is 0.489 e. The lowest BCUT2D eigenvalue weighted by molar-refractivity contribution is 0.159. The Labute approximate surface area is 103 Å². The van der Waals surface area contributed by atoms with Crippen LogP contribution in [0.25, 0.3) is 0 Å². The molecule has 0 saturated heterocycles. The molecule has 0 amide bonds. The summed E-state index contributed by atoms with van der Waals surface area (Å²) in [4.78, 5) is 0. The Morgan fingerprint density at radius 1 is 1.25 bits per heavy atom. The van der Waals surface area contributed by atoms with Gasteiger partial charge in [0.2, 0.25) is 0 Å². The van der Waals surface area contributed by atoms with Gasteiger partial charge >= 0.3 is 0 Å². The summed E-state index contributed by atoms with van der Waals surface area (Å²) >= 11 is 6.10. The third-order valence-corrected chi connectivity index (χ3v) is 3.27. The molecule has 1 aromatic rings. The fraction of sp³-hybridized carbons (Fsp3) is 0.538. The van der Waals surface area contributed by atoms with Gasteiger partial charge in [0.25, 0.3) is 0 Å². The maximum absolute atomic E-state index is 6.10. The van der Waals surface area contributed by atoms with Crippen molar-refractivity contribution in [3.8, 4) is 5.75 Å². The summed E-state index contributed by atoms with van der Waals surface area (Å²) in [7, 11) is 0. The van der Waals surface area contributed by atoms with E-state index in [9.17, 15) is 0 Å². The first-order valence-electron chi connectivity index (χ1n) is 5.59. The van der Waals surface area contributed by atoms with Gasteiger partial charge in [-0.3, -0.25) is 0 Å². The van der Waals surface area contributed by atoms with Gasteiger partial charge in [-0.15, -0.1) is 0 Å². The molecule has 0 spiro atoms. The van der Waals surface area contributed by atoms with Crippen LogP contribution in [-0.4, -0.2) is 12.6 Å². The van der Waals surface area contributed by atoms with Crippen molar-refractivity contribution in [1.29, 1.82) is 0 Å². The molecule has 0 aliphatic heterocycles. The molecule has 0 heterocycles. The molecule has 1 atom stereocenters. The Balaban J connectivity index is 2.89. The summed E-state index contributed by atoms with van der Waals surface area (Å²) in [5.41, 5.74) is 7.75. The molecule has 0 saturated carbocycles. The zero-order valence-corrected chi connectivity index (χ0v) is 11.1. The fourth-order valence-electron chi connectivity index (χ4n) is 1.61. The predicted molar refractivity (Wildman–Crippen MR) is 69.2 cm³/mol. The van der Waals surface area contributed by atoms with Crippen molar-refractivity contribution in [2.24, 2.45) is 11.7 Å². The van der Waals surface area contributed by atoms with Crippen LogP contribution in [-0.2, 0) is 0 Å². The van der Waals surface area contributed by atoms with Crippen LogP contribution < -0.4 is 10.5 Å².